The Kier molecular flexibility index (Phi) is 4.71. The SMILES string of the molecule is COc1cc2c(cc1OC)-c1cc(NCCCO)nc(=O)n1CC2. The molecule has 0 unspecified atom stereocenters. The maximum Gasteiger partial charge on any atom is 0.349 e. The van der Waals surface area contributed by atoms with Crippen LogP contribution in [0.5, 0.6) is 11.5 Å². The molecular formula is C17H21N3O4. The molecule has 1 aromatic carbocycles. The van der Waals surface area contributed by atoms with Crippen molar-refractivity contribution in [2.45, 2.75) is 19.4 Å². The van der Waals surface area contributed by atoms with Crippen LogP contribution in [0.1, 0.15) is 12.0 Å². The summed E-state index contributed by atoms with van der Waals surface area (Å²) >= 11 is 0. The van der Waals surface area contributed by atoms with Gasteiger partial charge >= 0.3 is 5.69 Å². The van der Waals surface area contributed by atoms with Crippen LogP contribution in [0.3, 0.4) is 0 Å². The fraction of sp³-hybridized carbons (Fsp3) is 0.412. The summed E-state index contributed by atoms with van der Waals surface area (Å²) < 4.78 is 12.4. The number of ether oxygens (including phenoxy) is 2. The van der Waals surface area contributed by atoms with Crippen molar-refractivity contribution in [1.82, 2.24) is 9.55 Å². The van der Waals surface area contributed by atoms with Crippen LogP contribution in [-0.2, 0) is 13.0 Å². The predicted molar refractivity (Wildman–Crippen MR) is 90.9 cm³/mol. The Balaban J connectivity index is 2.07. The normalized spacial score (nSPS) is 12.3. The van der Waals surface area contributed by atoms with Crippen LogP contribution in [0.15, 0.2) is 23.0 Å². The topological polar surface area (TPSA) is 85.6 Å². The van der Waals surface area contributed by atoms with E-state index in [9.17, 15) is 4.79 Å². The van der Waals surface area contributed by atoms with Crippen LogP contribution < -0.4 is 20.5 Å². The van der Waals surface area contributed by atoms with E-state index in [0.717, 1.165) is 23.2 Å². The maximum atomic E-state index is 12.3. The van der Waals surface area contributed by atoms with Crippen molar-refractivity contribution in [3.8, 4) is 22.8 Å². The first kappa shape index (κ1) is 16.3. The molecule has 0 saturated heterocycles. The number of nitrogens with zero attached hydrogens (tertiary/aromatic N) is 2. The molecule has 0 spiro atoms. The molecule has 24 heavy (non-hydrogen) atoms. The summed E-state index contributed by atoms with van der Waals surface area (Å²) in [5, 5.41) is 12.0. The first-order valence-corrected chi connectivity index (χ1v) is 7.89. The lowest BCUT2D eigenvalue weighted by Gasteiger charge is -2.23. The average molecular weight is 331 g/mol. The van der Waals surface area contributed by atoms with Gasteiger partial charge in [-0.3, -0.25) is 4.57 Å². The van der Waals surface area contributed by atoms with E-state index in [2.05, 4.69) is 10.3 Å². The van der Waals surface area contributed by atoms with Gasteiger partial charge in [-0.05, 0) is 30.5 Å². The van der Waals surface area contributed by atoms with Crippen LogP contribution >= 0.6 is 0 Å². The second kappa shape index (κ2) is 6.92. The Morgan fingerprint density at radius 2 is 2.00 bits per heavy atom. The van der Waals surface area contributed by atoms with E-state index < -0.39 is 0 Å². The lowest BCUT2D eigenvalue weighted by Crippen LogP contribution is -2.29. The monoisotopic (exact) mass is 331 g/mol. The summed E-state index contributed by atoms with van der Waals surface area (Å²) in [5.41, 5.74) is 2.59. The first-order chi connectivity index (χ1) is 11.7. The van der Waals surface area contributed by atoms with Gasteiger partial charge in [-0.2, -0.15) is 4.98 Å². The second-order valence-corrected chi connectivity index (χ2v) is 5.58. The minimum absolute atomic E-state index is 0.0940. The fourth-order valence-corrected chi connectivity index (χ4v) is 2.93. The summed E-state index contributed by atoms with van der Waals surface area (Å²) in [7, 11) is 3.20. The van der Waals surface area contributed by atoms with Crippen molar-refractivity contribution in [3.05, 3.63) is 34.2 Å². The van der Waals surface area contributed by atoms with Gasteiger partial charge in [-0.1, -0.05) is 0 Å². The first-order valence-electron chi connectivity index (χ1n) is 7.89. The number of nitrogens with one attached hydrogen (secondary N) is 1. The molecule has 0 aliphatic carbocycles. The Hall–Kier alpha value is -2.54. The number of aromatic nitrogens is 2. The Labute approximate surface area is 139 Å². The molecule has 0 atom stereocenters. The van der Waals surface area contributed by atoms with Gasteiger partial charge in [0.15, 0.2) is 11.5 Å². The third-order valence-corrected chi connectivity index (χ3v) is 4.14. The van der Waals surface area contributed by atoms with E-state index in [1.807, 2.05) is 18.2 Å². The number of fused-ring (bicyclic) bond motifs is 3. The molecule has 2 N–H and O–H groups in total. The molecule has 7 heteroatoms. The molecule has 0 amide bonds. The van der Waals surface area contributed by atoms with Crippen molar-refractivity contribution in [2.75, 3.05) is 32.7 Å². The molecule has 1 aliphatic rings. The smallest absolute Gasteiger partial charge is 0.349 e. The van der Waals surface area contributed by atoms with Crippen LogP contribution in [0.4, 0.5) is 5.82 Å². The maximum absolute atomic E-state index is 12.3. The van der Waals surface area contributed by atoms with E-state index in [4.69, 9.17) is 14.6 Å². The third kappa shape index (κ3) is 2.94. The van der Waals surface area contributed by atoms with Crippen molar-refractivity contribution < 1.29 is 14.6 Å². The minimum atomic E-state index is -0.278. The number of aryl methyl sites for hydroxylation is 1. The predicted octanol–water partition coefficient (Wildman–Crippen LogP) is 1.28. The number of rotatable bonds is 6. The van der Waals surface area contributed by atoms with Gasteiger partial charge in [0.05, 0.1) is 19.9 Å². The highest BCUT2D eigenvalue weighted by molar-refractivity contribution is 5.71. The lowest BCUT2D eigenvalue weighted by molar-refractivity contribution is 0.292. The van der Waals surface area contributed by atoms with E-state index >= 15 is 0 Å². The quantitative estimate of drug-likeness (QED) is 0.776. The molecule has 1 aromatic heterocycles. The van der Waals surface area contributed by atoms with Crippen LogP contribution in [0.25, 0.3) is 11.3 Å². The Morgan fingerprint density at radius 3 is 2.71 bits per heavy atom. The molecule has 0 bridgehead atoms. The summed E-state index contributed by atoms with van der Waals surface area (Å²) in [6, 6.07) is 5.72. The average Bonchev–Trinajstić information content (AvgIpc) is 2.60. The number of hydrogen-bond donors (Lipinski definition) is 2. The Morgan fingerprint density at radius 1 is 1.25 bits per heavy atom. The van der Waals surface area contributed by atoms with Crippen LogP contribution in [0, 0.1) is 0 Å². The molecule has 7 nitrogen and oxygen atoms in total. The summed E-state index contributed by atoms with van der Waals surface area (Å²) in [4.78, 5) is 16.4. The van der Waals surface area contributed by atoms with E-state index in [1.165, 1.54) is 0 Å². The molecule has 0 fully saturated rings. The fourth-order valence-electron chi connectivity index (χ4n) is 2.93. The van der Waals surface area contributed by atoms with Gasteiger partial charge < -0.3 is 19.9 Å². The van der Waals surface area contributed by atoms with E-state index in [1.54, 1.807) is 18.8 Å². The molecule has 2 heterocycles. The Bertz CT molecular complexity index is 801. The van der Waals surface area contributed by atoms with Gasteiger partial charge in [0, 0.05) is 31.3 Å². The van der Waals surface area contributed by atoms with E-state index in [0.29, 0.717) is 36.8 Å². The second-order valence-electron chi connectivity index (χ2n) is 5.58. The summed E-state index contributed by atoms with van der Waals surface area (Å²) in [5.74, 6) is 1.83. The number of aliphatic hydroxyl groups is 1. The molecule has 128 valence electrons. The van der Waals surface area contributed by atoms with Gasteiger partial charge in [-0.25, -0.2) is 4.79 Å². The highest BCUT2D eigenvalue weighted by Gasteiger charge is 2.21. The molecule has 0 radical (unpaired) electrons. The number of anilines is 1. The minimum Gasteiger partial charge on any atom is -0.493 e. The van der Waals surface area contributed by atoms with Crippen LogP contribution in [-0.4, -0.2) is 42.0 Å². The zero-order chi connectivity index (χ0) is 17.1. The molecule has 0 saturated carbocycles. The van der Waals surface area contributed by atoms with Crippen molar-refractivity contribution in [3.63, 3.8) is 0 Å². The zero-order valence-corrected chi connectivity index (χ0v) is 13.8. The highest BCUT2D eigenvalue weighted by Crippen LogP contribution is 2.38. The number of benzene rings is 1. The van der Waals surface area contributed by atoms with Gasteiger partial charge in [-0.15, -0.1) is 0 Å². The molecular weight excluding hydrogens is 310 g/mol. The zero-order valence-electron chi connectivity index (χ0n) is 13.8. The van der Waals surface area contributed by atoms with E-state index in [-0.39, 0.29) is 12.3 Å². The molecule has 3 rings (SSSR count). The summed E-state index contributed by atoms with van der Waals surface area (Å²) in [6.07, 6.45) is 1.34. The van der Waals surface area contributed by atoms with Crippen LogP contribution in [0.2, 0.25) is 0 Å². The van der Waals surface area contributed by atoms with Gasteiger partial charge in [0.1, 0.15) is 5.82 Å². The largest absolute Gasteiger partial charge is 0.493 e. The number of aliphatic hydroxyl groups excluding tert-OH is 1. The molecule has 1 aliphatic heterocycles. The van der Waals surface area contributed by atoms with Gasteiger partial charge in [0.2, 0.25) is 0 Å². The third-order valence-electron chi connectivity index (χ3n) is 4.14. The van der Waals surface area contributed by atoms with Gasteiger partial charge in [0.25, 0.3) is 0 Å². The lowest BCUT2D eigenvalue weighted by atomic mass is 9.97. The van der Waals surface area contributed by atoms with Crippen molar-refractivity contribution >= 4 is 5.82 Å². The van der Waals surface area contributed by atoms with Crippen molar-refractivity contribution in [2.24, 2.45) is 0 Å². The van der Waals surface area contributed by atoms with Crippen molar-refractivity contribution in [1.29, 1.82) is 0 Å². The highest BCUT2D eigenvalue weighted by atomic mass is 16.5. The summed E-state index contributed by atoms with van der Waals surface area (Å²) in [6.45, 7) is 1.24. The standard InChI is InChI=1S/C17H21N3O4/c1-23-14-8-11-4-6-20-13(12(11)9-15(14)24-2)10-16(19-17(20)22)18-5-3-7-21/h8-10,21H,3-7H2,1-2H3,(H,18,19,22). The number of methoxy groups -OCH3 is 2. The molecule has 2 aromatic rings. The number of hydrogen-bond acceptors (Lipinski definition) is 6.